The van der Waals surface area contributed by atoms with Crippen molar-refractivity contribution in [1.82, 2.24) is 4.57 Å². The van der Waals surface area contributed by atoms with Crippen molar-refractivity contribution in [2.45, 2.75) is 32.6 Å². The fourth-order valence-corrected chi connectivity index (χ4v) is 2.61. The number of fused-ring (bicyclic) bond motifs is 1. The number of benzene rings is 1. The molecule has 1 aromatic heterocycles. The third kappa shape index (κ3) is 3.01. The first-order valence-corrected chi connectivity index (χ1v) is 7.10. The number of nitrogens with two attached hydrogens (primary N) is 1. The van der Waals surface area contributed by atoms with Crippen LogP contribution in [-0.2, 0) is 6.54 Å². The molecule has 1 aromatic carbocycles. The Kier molecular flexibility index (Phi) is 4.16. The Morgan fingerprint density at radius 3 is 2.50 bits per heavy atom. The minimum absolute atomic E-state index is 0.126. The summed E-state index contributed by atoms with van der Waals surface area (Å²) in [7, 11) is 0. The van der Waals surface area contributed by atoms with Crippen LogP contribution in [0.25, 0.3) is 10.9 Å². The molecule has 0 unspecified atom stereocenters. The molecule has 0 aliphatic carbocycles. The quantitative estimate of drug-likeness (QED) is 0.861. The molecule has 2 nitrogen and oxygen atoms in total. The zero-order chi connectivity index (χ0) is 15.1. The second-order valence-electron chi connectivity index (χ2n) is 5.31. The molecular formula is C14H16BrF3N2. The lowest BCUT2D eigenvalue weighted by Gasteiger charge is -2.14. The number of nitrogens with zero attached hydrogens (tertiary/aromatic N) is 1. The molecule has 0 aliphatic rings. The standard InChI is InChI=1S/C14H16BrF3N2/c1-8(2)6-20-7-11(13(19)14(16,17)18)10-4-3-9(15)5-12(10)20/h3-5,7-8,13H,6,19H2,1-2H3/t13-/m0/s1. The van der Waals surface area contributed by atoms with Gasteiger partial charge in [-0.05, 0) is 18.1 Å². The van der Waals surface area contributed by atoms with Crippen LogP contribution in [0.5, 0.6) is 0 Å². The fourth-order valence-electron chi connectivity index (χ4n) is 2.26. The van der Waals surface area contributed by atoms with Crippen molar-refractivity contribution in [3.05, 3.63) is 34.4 Å². The van der Waals surface area contributed by atoms with Gasteiger partial charge in [-0.3, -0.25) is 0 Å². The Hall–Kier alpha value is -1.01. The van der Waals surface area contributed by atoms with E-state index in [1.807, 2.05) is 24.5 Å². The molecule has 0 spiro atoms. The summed E-state index contributed by atoms with van der Waals surface area (Å²) in [6.07, 6.45) is -2.92. The van der Waals surface area contributed by atoms with E-state index in [4.69, 9.17) is 5.73 Å². The van der Waals surface area contributed by atoms with Gasteiger partial charge in [0.15, 0.2) is 0 Å². The van der Waals surface area contributed by atoms with Gasteiger partial charge in [-0.1, -0.05) is 35.8 Å². The Morgan fingerprint density at radius 2 is 1.95 bits per heavy atom. The van der Waals surface area contributed by atoms with Crippen molar-refractivity contribution < 1.29 is 13.2 Å². The van der Waals surface area contributed by atoms with Gasteiger partial charge >= 0.3 is 6.18 Å². The highest BCUT2D eigenvalue weighted by molar-refractivity contribution is 9.10. The summed E-state index contributed by atoms with van der Waals surface area (Å²) in [6, 6.07) is 3.27. The predicted octanol–water partition coefficient (Wildman–Crippen LogP) is 4.62. The molecule has 6 heteroatoms. The van der Waals surface area contributed by atoms with E-state index in [-0.39, 0.29) is 5.56 Å². The van der Waals surface area contributed by atoms with Crippen molar-refractivity contribution in [2.75, 3.05) is 0 Å². The number of rotatable bonds is 3. The van der Waals surface area contributed by atoms with E-state index in [2.05, 4.69) is 15.9 Å². The van der Waals surface area contributed by atoms with E-state index >= 15 is 0 Å². The number of halogens is 4. The fraction of sp³-hybridized carbons (Fsp3) is 0.429. The highest BCUT2D eigenvalue weighted by atomic mass is 79.9. The van der Waals surface area contributed by atoms with Crippen LogP contribution in [-0.4, -0.2) is 10.7 Å². The van der Waals surface area contributed by atoms with Crippen molar-refractivity contribution in [2.24, 2.45) is 11.7 Å². The molecular weight excluding hydrogens is 333 g/mol. The second-order valence-corrected chi connectivity index (χ2v) is 6.23. The first kappa shape index (κ1) is 15.4. The molecule has 0 aliphatic heterocycles. The zero-order valence-electron chi connectivity index (χ0n) is 11.2. The Labute approximate surface area is 123 Å². The van der Waals surface area contributed by atoms with E-state index in [0.717, 1.165) is 9.99 Å². The number of hydrogen-bond acceptors (Lipinski definition) is 1. The Bertz CT molecular complexity index is 617. The van der Waals surface area contributed by atoms with Gasteiger partial charge in [-0.25, -0.2) is 0 Å². The van der Waals surface area contributed by atoms with Gasteiger partial charge in [0.2, 0.25) is 0 Å². The normalized spacial score (nSPS) is 14.2. The molecule has 2 rings (SSSR count). The third-order valence-corrected chi connectivity index (χ3v) is 3.62. The number of aromatic nitrogens is 1. The van der Waals surface area contributed by atoms with Crippen LogP contribution in [0.3, 0.4) is 0 Å². The summed E-state index contributed by atoms with van der Waals surface area (Å²) in [5.74, 6) is 0.333. The molecule has 0 amide bonds. The molecule has 20 heavy (non-hydrogen) atoms. The number of alkyl halides is 3. The molecule has 0 bridgehead atoms. The van der Waals surface area contributed by atoms with E-state index in [9.17, 15) is 13.2 Å². The van der Waals surface area contributed by atoms with Crippen LogP contribution in [0, 0.1) is 5.92 Å². The third-order valence-electron chi connectivity index (χ3n) is 3.12. The average Bonchev–Trinajstić information content (AvgIpc) is 2.64. The lowest BCUT2D eigenvalue weighted by Crippen LogP contribution is -2.28. The van der Waals surface area contributed by atoms with Crippen LogP contribution >= 0.6 is 15.9 Å². The smallest absolute Gasteiger partial charge is 0.347 e. The van der Waals surface area contributed by atoms with E-state index in [1.54, 1.807) is 12.1 Å². The molecule has 2 aromatic rings. The van der Waals surface area contributed by atoms with Gasteiger partial charge in [0.1, 0.15) is 6.04 Å². The van der Waals surface area contributed by atoms with Crippen LogP contribution < -0.4 is 5.73 Å². The minimum Gasteiger partial charge on any atom is -0.347 e. The summed E-state index contributed by atoms with van der Waals surface area (Å²) in [6.45, 7) is 4.69. The van der Waals surface area contributed by atoms with Gasteiger partial charge in [0.25, 0.3) is 0 Å². The average molecular weight is 349 g/mol. The monoisotopic (exact) mass is 348 g/mol. The molecule has 1 heterocycles. The maximum atomic E-state index is 12.9. The molecule has 0 saturated heterocycles. The van der Waals surface area contributed by atoms with Crippen molar-refractivity contribution in [3.8, 4) is 0 Å². The molecule has 0 radical (unpaired) electrons. The van der Waals surface area contributed by atoms with Gasteiger partial charge in [-0.2, -0.15) is 13.2 Å². The SMILES string of the molecule is CC(C)Cn1cc([C@H](N)C(F)(F)F)c2ccc(Br)cc21. The summed E-state index contributed by atoms with van der Waals surface area (Å²) < 4.78 is 41.3. The minimum atomic E-state index is -4.44. The maximum Gasteiger partial charge on any atom is 0.407 e. The van der Waals surface area contributed by atoms with Crippen LogP contribution in [0.15, 0.2) is 28.9 Å². The predicted molar refractivity (Wildman–Crippen MR) is 77.5 cm³/mol. The van der Waals surface area contributed by atoms with Gasteiger partial charge in [-0.15, -0.1) is 0 Å². The lowest BCUT2D eigenvalue weighted by molar-refractivity contribution is -0.148. The summed E-state index contributed by atoms with van der Waals surface area (Å²) >= 11 is 3.35. The maximum absolute atomic E-state index is 12.9. The Balaban J connectivity index is 2.61. The first-order chi connectivity index (χ1) is 9.20. The molecule has 110 valence electrons. The molecule has 0 fully saturated rings. The topological polar surface area (TPSA) is 30.9 Å². The highest BCUT2D eigenvalue weighted by Gasteiger charge is 2.39. The van der Waals surface area contributed by atoms with Crippen molar-refractivity contribution >= 4 is 26.8 Å². The largest absolute Gasteiger partial charge is 0.407 e. The molecule has 0 saturated carbocycles. The first-order valence-electron chi connectivity index (χ1n) is 6.30. The summed E-state index contributed by atoms with van der Waals surface area (Å²) in [5, 5.41) is 0.554. The zero-order valence-corrected chi connectivity index (χ0v) is 12.8. The second kappa shape index (κ2) is 5.41. The van der Waals surface area contributed by atoms with Crippen LogP contribution in [0.4, 0.5) is 13.2 Å². The van der Waals surface area contributed by atoms with E-state index in [0.29, 0.717) is 17.8 Å². The van der Waals surface area contributed by atoms with E-state index < -0.39 is 12.2 Å². The Morgan fingerprint density at radius 1 is 1.30 bits per heavy atom. The number of hydrogen-bond donors (Lipinski definition) is 1. The van der Waals surface area contributed by atoms with E-state index in [1.165, 1.54) is 6.20 Å². The van der Waals surface area contributed by atoms with Gasteiger partial charge in [0, 0.05) is 33.7 Å². The summed E-state index contributed by atoms with van der Waals surface area (Å²) in [4.78, 5) is 0. The lowest BCUT2D eigenvalue weighted by atomic mass is 10.1. The van der Waals surface area contributed by atoms with Crippen LogP contribution in [0.1, 0.15) is 25.5 Å². The summed E-state index contributed by atoms with van der Waals surface area (Å²) in [5.41, 5.74) is 6.26. The van der Waals surface area contributed by atoms with Gasteiger partial charge in [0.05, 0.1) is 0 Å². The highest BCUT2D eigenvalue weighted by Crippen LogP contribution is 2.36. The van der Waals surface area contributed by atoms with Crippen LogP contribution in [0.2, 0.25) is 0 Å². The van der Waals surface area contributed by atoms with Crippen molar-refractivity contribution in [3.63, 3.8) is 0 Å². The van der Waals surface area contributed by atoms with Gasteiger partial charge < -0.3 is 10.3 Å². The molecule has 1 atom stereocenters. The molecule has 2 N–H and O–H groups in total. The van der Waals surface area contributed by atoms with Crippen molar-refractivity contribution in [1.29, 1.82) is 0 Å².